The first-order chi connectivity index (χ1) is 15.6. The molecule has 0 saturated heterocycles. The first kappa shape index (κ1) is 21.7. The molecule has 5 nitrogen and oxygen atoms in total. The molecule has 0 amide bonds. The van der Waals surface area contributed by atoms with Gasteiger partial charge < -0.3 is 24.4 Å². The maximum Gasteiger partial charge on any atom is 0.153 e. The summed E-state index contributed by atoms with van der Waals surface area (Å²) in [7, 11) is 1.63. The fraction of sp³-hybridized carbons (Fsp3) is 0.154. The molecule has 0 aliphatic heterocycles. The van der Waals surface area contributed by atoms with Gasteiger partial charge in [0.1, 0.15) is 23.0 Å². The Hall–Kier alpha value is -3.48. The van der Waals surface area contributed by atoms with Crippen molar-refractivity contribution in [2.24, 2.45) is 0 Å². The molecule has 4 aromatic rings. The van der Waals surface area contributed by atoms with Gasteiger partial charge in [-0.25, -0.2) is 0 Å². The lowest BCUT2D eigenvalue weighted by Gasteiger charge is -2.11. The van der Waals surface area contributed by atoms with Gasteiger partial charge in [-0.3, -0.25) is 0 Å². The van der Waals surface area contributed by atoms with E-state index in [0.717, 1.165) is 26.1 Å². The second kappa shape index (κ2) is 9.77. The predicted octanol–water partition coefficient (Wildman–Crippen LogP) is 6.83. The molecule has 0 radical (unpaired) electrons. The van der Waals surface area contributed by atoms with Gasteiger partial charge in [0.25, 0.3) is 0 Å². The van der Waals surface area contributed by atoms with Crippen LogP contribution in [-0.4, -0.2) is 30.5 Å². The molecular formula is C26H24O5S. The fourth-order valence-corrected chi connectivity index (χ4v) is 4.51. The van der Waals surface area contributed by atoms with E-state index in [0.29, 0.717) is 30.5 Å². The van der Waals surface area contributed by atoms with Crippen LogP contribution < -0.4 is 9.47 Å². The van der Waals surface area contributed by atoms with E-state index >= 15 is 0 Å². The minimum Gasteiger partial charge on any atom is -0.508 e. The Morgan fingerprint density at radius 3 is 2.47 bits per heavy atom. The van der Waals surface area contributed by atoms with Crippen molar-refractivity contribution < 1.29 is 24.4 Å². The van der Waals surface area contributed by atoms with E-state index < -0.39 is 0 Å². The lowest BCUT2D eigenvalue weighted by atomic mass is 10.1. The summed E-state index contributed by atoms with van der Waals surface area (Å²) in [5.74, 6) is 2.42. The number of hydrogen-bond donors (Lipinski definition) is 2. The molecule has 0 spiro atoms. The molecule has 0 saturated carbocycles. The van der Waals surface area contributed by atoms with Gasteiger partial charge in [-0.15, -0.1) is 11.3 Å². The van der Waals surface area contributed by atoms with Crippen LogP contribution in [0.5, 0.6) is 28.7 Å². The van der Waals surface area contributed by atoms with Gasteiger partial charge >= 0.3 is 0 Å². The normalized spacial score (nSPS) is 11.3. The highest BCUT2D eigenvalue weighted by Gasteiger charge is 2.17. The molecule has 2 N–H and O–H groups in total. The van der Waals surface area contributed by atoms with Gasteiger partial charge in [0.2, 0.25) is 0 Å². The zero-order chi connectivity index (χ0) is 22.5. The van der Waals surface area contributed by atoms with Crippen LogP contribution in [0.3, 0.4) is 0 Å². The number of aromatic hydroxyl groups is 2. The maximum atomic E-state index is 9.93. The predicted molar refractivity (Wildman–Crippen MR) is 129 cm³/mol. The van der Waals surface area contributed by atoms with E-state index in [1.807, 2.05) is 55.5 Å². The monoisotopic (exact) mass is 448 g/mol. The number of ether oxygens (including phenoxy) is 3. The van der Waals surface area contributed by atoms with Crippen molar-refractivity contribution in [2.45, 2.75) is 6.92 Å². The zero-order valence-electron chi connectivity index (χ0n) is 17.9. The van der Waals surface area contributed by atoms with E-state index in [-0.39, 0.29) is 11.5 Å². The van der Waals surface area contributed by atoms with Gasteiger partial charge in [-0.05, 0) is 67.1 Å². The van der Waals surface area contributed by atoms with Crippen LogP contribution >= 0.6 is 11.3 Å². The summed E-state index contributed by atoms with van der Waals surface area (Å²) < 4.78 is 18.2. The lowest BCUT2D eigenvalue weighted by Crippen LogP contribution is -1.91. The molecule has 6 heteroatoms. The highest BCUT2D eigenvalue weighted by molar-refractivity contribution is 7.22. The molecule has 0 bridgehead atoms. The van der Waals surface area contributed by atoms with Gasteiger partial charge in [0, 0.05) is 28.3 Å². The Morgan fingerprint density at radius 2 is 1.72 bits per heavy atom. The van der Waals surface area contributed by atoms with Crippen LogP contribution in [0.25, 0.3) is 26.6 Å². The standard InChI is InChI=1S/C26H24O5S/c1-3-30-14-4-5-17-8-12-21(16-23(17)29-2)31-25-22-13-11-20(28)15-24(22)32-26(25)18-6-9-19(27)10-7-18/h4-13,15-16,27-28H,3,14H2,1-2H3/b5-4+. The van der Waals surface area contributed by atoms with Crippen molar-refractivity contribution in [1.29, 1.82) is 0 Å². The summed E-state index contributed by atoms with van der Waals surface area (Å²) in [4.78, 5) is 0.908. The first-order valence-corrected chi connectivity index (χ1v) is 11.1. The summed E-state index contributed by atoms with van der Waals surface area (Å²) in [5.41, 5.74) is 1.85. The van der Waals surface area contributed by atoms with Gasteiger partial charge in [0.05, 0.1) is 18.6 Å². The van der Waals surface area contributed by atoms with E-state index in [2.05, 4.69) is 0 Å². The molecule has 0 aliphatic rings. The topological polar surface area (TPSA) is 68.2 Å². The quantitative estimate of drug-likeness (QED) is 0.289. The average molecular weight is 449 g/mol. The van der Waals surface area contributed by atoms with Crippen LogP contribution in [0.2, 0.25) is 0 Å². The third-order valence-electron chi connectivity index (χ3n) is 4.90. The van der Waals surface area contributed by atoms with E-state index in [1.165, 1.54) is 11.3 Å². The number of hydrogen-bond acceptors (Lipinski definition) is 6. The molecule has 1 aromatic heterocycles. The van der Waals surface area contributed by atoms with Crippen molar-refractivity contribution in [3.63, 3.8) is 0 Å². The molecule has 164 valence electrons. The molecule has 4 rings (SSSR count). The Bertz CT molecular complexity index is 1240. The van der Waals surface area contributed by atoms with Gasteiger partial charge in [-0.1, -0.05) is 12.2 Å². The molecular weight excluding hydrogens is 424 g/mol. The number of thiophene rings is 1. The molecule has 0 atom stereocenters. The minimum atomic E-state index is 0.201. The summed E-state index contributed by atoms with van der Waals surface area (Å²) in [6.45, 7) is 3.17. The highest BCUT2D eigenvalue weighted by Crippen LogP contribution is 2.47. The molecule has 32 heavy (non-hydrogen) atoms. The van der Waals surface area contributed by atoms with Gasteiger partial charge in [0.15, 0.2) is 5.75 Å². The number of methoxy groups -OCH3 is 1. The first-order valence-electron chi connectivity index (χ1n) is 10.2. The van der Waals surface area contributed by atoms with Crippen molar-refractivity contribution in [2.75, 3.05) is 20.3 Å². The summed E-state index contributed by atoms with van der Waals surface area (Å²) in [6, 6.07) is 17.9. The highest BCUT2D eigenvalue weighted by atomic mass is 32.1. The molecule has 1 heterocycles. The minimum absolute atomic E-state index is 0.201. The van der Waals surface area contributed by atoms with E-state index in [4.69, 9.17) is 14.2 Å². The zero-order valence-corrected chi connectivity index (χ0v) is 18.7. The van der Waals surface area contributed by atoms with Crippen molar-refractivity contribution in [3.05, 3.63) is 72.3 Å². The second-order valence-corrected chi connectivity index (χ2v) is 8.11. The van der Waals surface area contributed by atoms with Crippen molar-refractivity contribution in [3.8, 4) is 39.2 Å². The number of phenolic OH excluding ortho intramolecular Hbond substituents is 2. The SMILES string of the molecule is CCOC/C=C/c1ccc(Oc2c(-c3ccc(O)cc3)sc3cc(O)ccc23)cc1OC. The van der Waals surface area contributed by atoms with Crippen LogP contribution in [-0.2, 0) is 4.74 Å². The molecule has 0 fully saturated rings. The van der Waals surface area contributed by atoms with Crippen LogP contribution in [0.1, 0.15) is 12.5 Å². The Morgan fingerprint density at radius 1 is 0.938 bits per heavy atom. The summed E-state index contributed by atoms with van der Waals surface area (Å²) in [5, 5.41) is 20.5. The summed E-state index contributed by atoms with van der Waals surface area (Å²) >= 11 is 1.52. The number of rotatable bonds is 8. The lowest BCUT2D eigenvalue weighted by molar-refractivity contribution is 0.178. The van der Waals surface area contributed by atoms with Crippen molar-refractivity contribution in [1.82, 2.24) is 0 Å². The van der Waals surface area contributed by atoms with E-state index in [9.17, 15) is 10.2 Å². The third kappa shape index (κ3) is 4.72. The Balaban J connectivity index is 1.72. The Kier molecular flexibility index (Phi) is 6.63. The maximum absolute atomic E-state index is 9.93. The third-order valence-corrected chi connectivity index (χ3v) is 6.08. The number of phenols is 2. The fourth-order valence-electron chi connectivity index (χ4n) is 3.34. The average Bonchev–Trinajstić information content (AvgIpc) is 3.15. The van der Waals surface area contributed by atoms with Crippen LogP contribution in [0.4, 0.5) is 0 Å². The van der Waals surface area contributed by atoms with Crippen LogP contribution in [0, 0.1) is 0 Å². The number of benzene rings is 3. The van der Waals surface area contributed by atoms with Crippen molar-refractivity contribution >= 4 is 27.5 Å². The summed E-state index contributed by atoms with van der Waals surface area (Å²) in [6.07, 6.45) is 3.91. The second-order valence-electron chi connectivity index (χ2n) is 7.06. The number of fused-ring (bicyclic) bond motifs is 1. The molecule has 3 aromatic carbocycles. The largest absolute Gasteiger partial charge is 0.508 e. The molecule has 0 unspecified atom stereocenters. The van der Waals surface area contributed by atoms with Gasteiger partial charge in [-0.2, -0.15) is 0 Å². The Labute approximate surface area is 190 Å². The van der Waals surface area contributed by atoms with E-state index in [1.54, 1.807) is 31.4 Å². The van der Waals surface area contributed by atoms with Crippen LogP contribution in [0.15, 0.2) is 66.7 Å². The smallest absolute Gasteiger partial charge is 0.153 e. The molecule has 0 aliphatic carbocycles.